The lowest BCUT2D eigenvalue weighted by Gasteiger charge is -2.29. The van der Waals surface area contributed by atoms with E-state index in [0.29, 0.717) is 0 Å². The number of hydrogen-bond acceptors (Lipinski definition) is 5. The molecule has 19 heavy (non-hydrogen) atoms. The fourth-order valence-corrected chi connectivity index (χ4v) is 1.55. The van der Waals surface area contributed by atoms with Crippen molar-refractivity contribution >= 4 is 0 Å². The summed E-state index contributed by atoms with van der Waals surface area (Å²) in [6.07, 6.45) is 1.05. The first-order valence-corrected chi connectivity index (χ1v) is 5.70. The highest BCUT2D eigenvalue weighted by atomic mass is 19.1. The van der Waals surface area contributed by atoms with Crippen LogP contribution >= 0.6 is 0 Å². The zero-order chi connectivity index (χ0) is 14.5. The lowest BCUT2D eigenvalue weighted by atomic mass is 10.2. The molecule has 1 aromatic heterocycles. The van der Waals surface area contributed by atoms with Crippen LogP contribution in [0.3, 0.4) is 0 Å². The first-order chi connectivity index (χ1) is 8.94. The minimum atomic E-state index is -1.16. The highest BCUT2D eigenvalue weighted by molar-refractivity contribution is 4.91. The molecule has 8 heteroatoms. The normalized spacial score (nSPS) is 14.3. The summed E-state index contributed by atoms with van der Waals surface area (Å²) in [5, 5.41) is 8.58. The van der Waals surface area contributed by atoms with Crippen molar-refractivity contribution < 1.29 is 19.0 Å². The van der Waals surface area contributed by atoms with Crippen LogP contribution in [0.5, 0.6) is 0 Å². The molecule has 1 aromatic rings. The number of H-pyrrole nitrogens is 1. The zero-order valence-corrected chi connectivity index (χ0v) is 10.8. The average molecular weight is 276 g/mol. The van der Waals surface area contributed by atoms with Gasteiger partial charge in [-0.2, -0.15) is 4.39 Å². The number of aromatic amines is 1. The van der Waals surface area contributed by atoms with Crippen LogP contribution in [0.4, 0.5) is 4.39 Å². The Balaban J connectivity index is 2.98. The Morgan fingerprint density at radius 1 is 1.47 bits per heavy atom. The Labute approximate surface area is 108 Å². The molecule has 0 bridgehead atoms. The third kappa shape index (κ3) is 3.72. The van der Waals surface area contributed by atoms with E-state index in [1.165, 1.54) is 7.11 Å². The Hall–Kier alpha value is -1.51. The predicted octanol–water partition coefficient (Wildman–Crippen LogP) is -0.606. The number of nitrogens with one attached hydrogen (secondary N) is 1. The molecule has 1 unspecified atom stereocenters. The van der Waals surface area contributed by atoms with Gasteiger partial charge in [-0.1, -0.05) is 0 Å². The number of aliphatic hydroxyl groups excluding tert-OH is 1. The number of aromatic nitrogens is 2. The van der Waals surface area contributed by atoms with Gasteiger partial charge in [-0.05, 0) is 6.92 Å². The Morgan fingerprint density at radius 2 is 2.16 bits per heavy atom. The molecular weight excluding hydrogens is 259 g/mol. The summed E-state index contributed by atoms with van der Waals surface area (Å²) < 4.78 is 24.5. The van der Waals surface area contributed by atoms with Gasteiger partial charge in [-0.3, -0.25) is 14.3 Å². The number of methoxy groups -OCH3 is 1. The Kier molecular flexibility index (Phi) is 5.40. The van der Waals surface area contributed by atoms with Crippen LogP contribution in [-0.2, 0) is 15.2 Å². The van der Waals surface area contributed by atoms with E-state index in [-0.39, 0.29) is 26.2 Å². The second-order valence-corrected chi connectivity index (χ2v) is 4.07. The summed E-state index contributed by atoms with van der Waals surface area (Å²) in [6.45, 7) is 1.82. The molecule has 0 radical (unpaired) electrons. The van der Waals surface area contributed by atoms with E-state index in [1.807, 2.05) is 4.98 Å². The topological polar surface area (TPSA) is 93.5 Å². The molecule has 108 valence electrons. The molecule has 2 N–H and O–H groups in total. The number of rotatable bonds is 7. The van der Waals surface area contributed by atoms with Crippen LogP contribution < -0.4 is 11.2 Å². The van der Waals surface area contributed by atoms with Crippen molar-refractivity contribution in [3.63, 3.8) is 0 Å². The molecule has 1 rings (SSSR count). The smallest absolute Gasteiger partial charge is 0.330 e. The van der Waals surface area contributed by atoms with E-state index in [4.69, 9.17) is 14.6 Å². The summed E-state index contributed by atoms with van der Waals surface area (Å²) in [6, 6.07) is 0. The summed E-state index contributed by atoms with van der Waals surface area (Å²) >= 11 is 0. The molecular formula is C11H17FN2O5. The van der Waals surface area contributed by atoms with Crippen LogP contribution in [-0.4, -0.2) is 41.6 Å². The van der Waals surface area contributed by atoms with Crippen LogP contribution in [0.1, 0.15) is 13.3 Å². The predicted molar refractivity (Wildman–Crippen MR) is 64.5 cm³/mol. The van der Waals surface area contributed by atoms with Crippen LogP contribution in [0.25, 0.3) is 0 Å². The second-order valence-electron chi connectivity index (χ2n) is 4.07. The van der Waals surface area contributed by atoms with E-state index < -0.39 is 22.8 Å². The molecule has 0 amide bonds. The first-order valence-electron chi connectivity index (χ1n) is 5.70. The van der Waals surface area contributed by atoms with Gasteiger partial charge < -0.3 is 14.6 Å². The maximum Gasteiger partial charge on any atom is 0.330 e. The van der Waals surface area contributed by atoms with Crippen molar-refractivity contribution in [1.82, 2.24) is 9.55 Å². The molecule has 0 aliphatic heterocycles. The third-order valence-corrected chi connectivity index (χ3v) is 2.79. The van der Waals surface area contributed by atoms with Gasteiger partial charge in [-0.25, -0.2) is 4.79 Å². The van der Waals surface area contributed by atoms with Gasteiger partial charge in [0.25, 0.3) is 5.56 Å². The first kappa shape index (κ1) is 15.5. The molecule has 0 spiro atoms. The number of halogens is 1. The van der Waals surface area contributed by atoms with Crippen LogP contribution in [0.15, 0.2) is 15.8 Å². The average Bonchev–Trinajstić information content (AvgIpc) is 2.38. The van der Waals surface area contributed by atoms with E-state index in [1.54, 1.807) is 6.92 Å². The molecule has 0 saturated carbocycles. The van der Waals surface area contributed by atoms with Crippen LogP contribution in [0.2, 0.25) is 0 Å². The third-order valence-electron chi connectivity index (χ3n) is 2.79. The van der Waals surface area contributed by atoms with Crippen molar-refractivity contribution in [3.05, 3.63) is 32.9 Å². The lowest BCUT2D eigenvalue weighted by molar-refractivity contribution is -0.0891. The van der Waals surface area contributed by atoms with E-state index in [9.17, 15) is 14.0 Å². The molecule has 7 nitrogen and oxygen atoms in total. The van der Waals surface area contributed by atoms with Crippen LogP contribution in [0, 0.1) is 5.82 Å². The Morgan fingerprint density at radius 3 is 2.74 bits per heavy atom. The molecule has 0 fully saturated rings. The SMILES string of the molecule is COC(C)(CCOCCO)n1cc(F)c(=O)[nH]c1=O. The molecule has 1 atom stereocenters. The van der Waals surface area contributed by atoms with E-state index >= 15 is 0 Å². The van der Waals surface area contributed by atoms with Gasteiger partial charge in [0.15, 0.2) is 0 Å². The molecule has 0 aliphatic carbocycles. The van der Waals surface area contributed by atoms with Gasteiger partial charge in [0, 0.05) is 13.5 Å². The highest BCUT2D eigenvalue weighted by Crippen LogP contribution is 2.19. The number of aliphatic hydroxyl groups is 1. The summed E-state index contributed by atoms with van der Waals surface area (Å²) in [7, 11) is 1.36. The maximum atomic E-state index is 13.2. The minimum absolute atomic E-state index is 0.114. The molecule has 0 saturated heterocycles. The van der Waals surface area contributed by atoms with E-state index in [0.717, 1.165) is 10.8 Å². The second kappa shape index (κ2) is 6.60. The van der Waals surface area contributed by atoms with Crippen molar-refractivity contribution in [2.75, 3.05) is 26.9 Å². The fourth-order valence-electron chi connectivity index (χ4n) is 1.55. The van der Waals surface area contributed by atoms with Crippen molar-refractivity contribution in [2.24, 2.45) is 0 Å². The summed E-state index contributed by atoms with van der Waals surface area (Å²) in [4.78, 5) is 24.5. The fraction of sp³-hybridized carbons (Fsp3) is 0.636. The zero-order valence-electron chi connectivity index (χ0n) is 10.8. The standard InChI is InChI=1S/C11H17FN2O5/c1-11(18-2,3-5-19-6-4-15)14-7-8(12)9(16)13-10(14)17/h7,15H,3-6H2,1-2H3,(H,13,16,17). The van der Waals surface area contributed by atoms with Gasteiger partial charge >= 0.3 is 5.69 Å². The van der Waals surface area contributed by atoms with Gasteiger partial charge in [0.1, 0.15) is 5.72 Å². The van der Waals surface area contributed by atoms with E-state index in [2.05, 4.69) is 0 Å². The monoisotopic (exact) mass is 276 g/mol. The molecule has 0 aromatic carbocycles. The Bertz CT molecular complexity index is 527. The molecule has 0 aliphatic rings. The maximum absolute atomic E-state index is 13.2. The van der Waals surface area contributed by atoms with Gasteiger partial charge in [-0.15, -0.1) is 0 Å². The number of hydrogen-bond donors (Lipinski definition) is 2. The van der Waals surface area contributed by atoms with Gasteiger partial charge in [0.2, 0.25) is 5.82 Å². The van der Waals surface area contributed by atoms with Crippen molar-refractivity contribution in [3.8, 4) is 0 Å². The minimum Gasteiger partial charge on any atom is -0.394 e. The van der Waals surface area contributed by atoms with Crippen molar-refractivity contribution in [2.45, 2.75) is 19.1 Å². The number of ether oxygens (including phenoxy) is 2. The quantitative estimate of drug-likeness (QED) is 0.648. The van der Waals surface area contributed by atoms with Gasteiger partial charge in [0.05, 0.1) is 26.0 Å². The largest absolute Gasteiger partial charge is 0.394 e. The lowest BCUT2D eigenvalue weighted by Crippen LogP contribution is -2.44. The highest BCUT2D eigenvalue weighted by Gasteiger charge is 2.28. The van der Waals surface area contributed by atoms with Crippen molar-refractivity contribution in [1.29, 1.82) is 0 Å². The summed E-state index contributed by atoms with van der Waals surface area (Å²) in [5.74, 6) is -1.07. The summed E-state index contributed by atoms with van der Waals surface area (Å²) in [5.41, 5.74) is -2.99. The molecule has 1 heterocycles. The number of nitrogens with zero attached hydrogens (tertiary/aromatic N) is 1.